The van der Waals surface area contributed by atoms with Crippen LogP contribution in [0.1, 0.15) is 25.2 Å². The van der Waals surface area contributed by atoms with Gasteiger partial charge >= 0.3 is 5.97 Å². The van der Waals surface area contributed by atoms with Crippen LogP contribution in [0.3, 0.4) is 0 Å². The van der Waals surface area contributed by atoms with E-state index in [1.54, 1.807) is 17.9 Å². The molecule has 0 saturated carbocycles. The Morgan fingerprint density at radius 3 is 2.50 bits per heavy atom. The quantitative estimate of drug-likeness (QED) is 0.562. The molecule has 9 heteroatoms. The SMILES string of the molecule is Cc1nnnn1/C(=C\c1ccccc1)C(=O)OCC(=O)N1CC(C)OC(C)C1. The molecule has 0 aliphatic carbocycles. The van der Waals surface area contributed by atoms with E-state index in [-0.39, 0.29) is 30.4 Å². The second-order valence-corrected chi connectivity index (χ2v) is 6.71. The van der Waals surface area contributed by atoms with Crippen LogP contribution in [0, 0.1) is 6.92 Å². The summed E-state index contributed by atoms with van der Waals surface area (Å²) in [5.74, 6) is -0.508. The van der Waals surface area contributed by atoms with Gasteiger partial charge in [0.2, 0.25) is 0 Å². The zero-order chi connectivity index (χ0) is 20.1. The van der Waals surface area contributed by atoms with Crippen molar-refractivity contribution in [1.82, 2.24) is 25.1 Å². The number of hydrogen-bond donors (Lipinski definition) is 0. The summed E-state index contributed by atoms with van der Waals surface area (Å²) in [6.45, 7) is 6.07. The summed E-state index contributed by atoms with van der Waals surface area (Å²) >= 11 is 0. The van der Waals surface area contributed by atoms with Gasteiger partial charge in [-0.05, 0) is 42.8 Å². The highest BCUT2D eigenvalue weighted by molar-refractivity contribution is 6.15. The maximum Gasteiger partial charge on any atom is 0.357 e. The van der Waals surface area contributed by atoms with Crippen LogP contribution in [0.2, 0.25) is 0 Å². The van der Waals surface area contributed by atoms with Gasteiger partial charge in [0.15, 0.2) is 18.1 Å². The molecule has 9 nitrogen and oxygen atoms in total. The first-order chi connectivity index (χ1) is 13.4. The lowest BCUT2D eigenvalue weighted by molar-refractivity contribution is -0.154. The van der Waals surface area contributed by atoms with Crippen LogP contribution >= 0.6 is 0 Å². The van der Waals surface area contributed by atoms with E-state index in [1.165, 1.54) is 4.68 Å². The molecule has 0 spiro atoms. The summed E-state index contributed by atoms with van der Waals surface area (Å²) in [6, 6.07) is 9.26. The molecule has 148 valence electrons. The van der Waals surface area contributed by atoms with Gasteiger partial charge in [0.05, 0.1) is 12.2 Å². The number of aryl methyl sites for hydroxylation is 1. The molecule has 3 rings (SSSR count). The molecular formula is C19H23N5O4. The van der Waals surface area contributed by atoms with E-state index in [0.717, 1.165) is 5.56 Å². The molecular weight excluding hydrogens is 362 g/mol. The van der Waals surface area contributed by atoms with E-state index in [2.05, 4.69) is 15.5 Å². The highest BCUT2D eigenvalue weighted by atomic mass is 16.5. The van der Waals surface area contributed by atoms with Gasteiger partial charge in [-0.25, -0.2) is 4.79 Å². The standard InChI is InChI=1S/C19H23N5O4/c1-13-10-23(11-14(2)28-13)18(25)12-27-19(26)17(24-15(3)20-21-22-24)9-16-7-5-4-6-8-16/h4-9,13-14H,10-12H2,1-3H3/b17-9-. The van der Waals surface area contributed by atoms with Crippen LogP contribution in [-0.4, -0.2) is 68.9 Å². The van der Waals surface area contributed by atoms with Crippen LogP contribution in [-0.2, 0) is 19.1 Å². The first kappa shape index (κ1) is 19.7. The molecule has 1 amide bonds. The fraction of sp³-hybridized carbons (Fsp3) is 0.421. The van der Waals surface area contributed by atoms with Crippen molar-refractivity contribution in [2.45, 2.75) is 33.0 Å². The summed E-state index contributed by atoms with van der Waals surface area (Å²) < 4.78 is 12.2. The maximum atomic E-state index is 12.7. The molecule has 2 aromatic rings. The molecule has 28 heavy (non-hydrogen) atoms. The molecule has 1 aromatic carbocycles. The molecule has 1 aliphatic rings. The van der Waals surface area contributed by atoms with Crippen LogP contribution in [0.15, 0.2) is 30.3 Å². The van der Waals surface area contributed by atoms with E-state index < -0.39 is 5.97 Å². The second-order valence-electron chi connectivity index (χ2n) is 6.71. The Morgan fingerprint density at radius 1 is 1.21 bits per heavy atom. The minimum atomic E-state index is -0.679. The fourth-order valence-electron chi connectivity index (χ4n) is 3.04. The molecule has 0 bridgehead atoms. The number of nitrogens with zero attached hydrogens (tertiary/aromatic N) is 5. The van der Waals surface area contributed by atoms with Crippen molar-refractivity contribution < 1.29 is 19.1 Å². The van der Waals surface area contributed by atoms with Gasteiger partial charge in [-0.15, -0.1) is 5.10 Å². The number of carbonyl (C=O) groups excluding carboxylic acids is 2. The third-order valence-electron chi connectivity index (χ3n) is 4.26. The number of rotatable bonds is 5. The van der Waals surface area contributed by atoms with Crippen LogP contribution in [0.5, 0.6) is 0 Å². The minimum absolute atomic E-state index is 0.0548. The monoisotopic (exact) mass is 385 g/mol. The topological polar surface area (TPSA) is 99.4 Å². The largest absolute Gasteiger partial charge is 0.451 e. The Kier molecular flexibility index (Phi) is 6.15. The molecule has 1 saturated heterocycles. The lowest BCUT2D eigenvalue weighted by atomic mass is 10.2. The van der Waals surface area contributed by atoms with Crippen LogP contribution in [0.25, 0.3) is 11.8 Å². The summed E-state index contributed by atoms with van der Waals surface area (Å²) in [7, 11) is 0. The number of tetrazole rings is 1. The molecule has 1 aliphatic heterocycles. The molecule has 2 atom stereocenters. The fourth-order valence-corrected chi connectivity index (χ4v) is 3.04. The normalized spacial score (nSPS) is 20.1. The molecule has 0 radical (unpaired) electrons. The van der Waals surface area contributed by atoms with Gasteiger partial charge in [-0.2, -0.15) is 4.68 Å². The lowest BCUT2D eigenvalue weighted by Crippen LogP contribution is -2.49. The smallest absolute Gasteiger partial charge is 0.357 e. The third kappa shape index (κ3) is 4.80. The Hall–Kier alpha value is -3.07. The summed E-state index contributed by atoms with van der Waals surface area (Å²) in [5, 5.41) is 11.2. The maximum absolute atomic E-state index is 12.7. The Balaban J connectivity index is 1.73. The molecule has 1 aromatic heterocycles. The average molecular weight is 385 g/mol. The predicted octanol–water partition coefficient (Wildman–Crippen LogP) is 1.16. The Labute approximate surface area is 162 Å². The Morgan fingerprint density at radius 2 is 1.89 bits per heavy atom. The van der Waals surface area contributed by atoms with E-state index in [0.29, 0.717) is 18.9 Å². The Bertz CT molecular complexity index is 854. The highest BCUT2D eigenvalue weighted by Crippen LogP contribution is 2.15. The van der Waals surface area contributed by atoms with E-state index in [4.69, 9.17) is 9.47 Å². The van der Waals surface area contributed by atoms with E-state index in [1.807, 2.05) is 44.2 Å². The first-order valence-corrected chi connectivity index (χ1v) is 9.06. The van der Waals surface area contributed by atoms with Crippen molar-refractivity contribution in [3.8, 4) is 0 Å². The summed E-state index contributed by atoms with van der Waals surface area (Å²) in [5.41, 5.74) is 0.914. The van der Waals surface area contributed by atoms with E-state index >= 15 is 0 Å². The van der Waals surface area contributed by atoms with Gasteiger partial charge in [-0.3, -0.25) is 4.79 Å². The van der Waals surface area contributed by atoms with Crippen molar-refractivity contribution in [2.24, 2.45) is 0 Å². The highest BCUT2D eigenvalue weighted by Gasteiger charge is 2.27. The van der Waals surface area contributed by atoms with Gasteiger partial charge in [-0.1, -0.05) is 30.3 Å². The predicted molar refractivity (Wildman–Crippen MR) is 101 cm³/mol. The van der Waals surface area contributed by atoms with Crippen LogP contribution < -0.4 is 0 Å². The number of morpholine rings is 1. The van der Waals surface area contributed by atoms with Crippen molar-refractivity contribution in [3.05, 3.63) is 41.7 Å². The number of carbonyl (C=O) groups is 2. The molecule has 1 fully saturated rings. The number of hydrogen-bond acceptors (Lipinski definition) is 7. The van der Waals surface area contributed by atoms with Gasteiger partial charge < -0.3 is 14.4 Å². The number of benzene rings is 1. The number of amides is 1. The van der Waals surface area contributed by atoms with Gasteiger partial charge in [0, 0.05) is 13.1 Å². The first-order valence-electron chi connectivity index (χ1n) is 9.06. The second kappa shape index (κ2) is 8.75. The average Bonchev–Trinajstić information content (AvgIpc) is 3.09. The zero-order valence-corrected chi connectivity index (χ0v) is 16.1. The number of esters is 1. The van der Waals surface area contributed by atoms with E-state index in [9.17, 15) is 9.59 Å². The van der Waals surface area contributed by atoms with Crippen molar-refractivity contribution in [1.29, 1.82) is 0 Å². The summed E-state index contributed by atoms with van der Waals surface area (Å²) in [4.78, 5) is 26.8. The zero-order valence-electron chi connectivity index (χ0n) is 16.1. The molecule has 0 N–H and O–H groups in total. The molecule has 2 heterocycles. The van der Waals surface area contributed by atoms with Gasteiger partial charge in [0.25, 0.3) is 5.91 Å². The van der Waals surface area contributed by atoms with Gasteiger partial charge in [0.1, 0.15) is 0 Å². The third-order valence-corrected chi connectivity index (χ3v) is 4.26. The van der Waals surface area contributed by atoms with Crippen molar-refractivity contribution in [2.75, 3.05) is 19.7 Å². The molecule has 2 unspecified atom stereocenters. The van der Waals surface area contributed by atoms with Crippen molar-refractivity contribution >= 4 is 23.6 Å². The number of aromatic nitrogens is 4. The minimum Gasteiger partial charge on any atom is -0.451 e. The lowest BCUT2D eigenvalue weighted by Gasteiger charge is -2.35. The van der Waals surface area contributed by atoms with Crippen LogP contribution in [0.4, 0.5) is 0 Å². The summed E-state index contributed by atoms with van der Waals surface area (Å²) in [6.07, 6.45) is 1.51. The number of ether oxygens (including phenoxy) is 2. The van der Waals surface area contributed by atoms with Crippen molar-refractivity contribution in [3.63, 3.8) is 0 Å².